The monoisotopic (exact) mass is 655 g/mol. The molecular formula is C19H24N5O15P3. The zero-order chi connectivity index (χ0) is 31.3. The van der Waals surface area contributed by atoms with E-state index in [1.54, 1.807) is 12.1 Å². The highest BCUT2D eigenvalue weighted by Gasteiger charge is 2.44. The summed E-state index contributed by atoms with van der Waals surface area (Å²) in [7, 11) is -17.0. The van der Waals surface area contributed by atoms with Gasteiger partial charge in [-0.05, 0) is 30.5 Å². The van der Waals surface area contributed by atoms with E-state index in [1.807, 2.05) is 0 Å². The first-order valence-corrected chi connectivity index (χ1v) is 16.1. The Kier molecular flexibility index (Phi) is 10.8. The summed E-state index contributed by atoms with van der Waals surface area (Å²) in [6.07, 6.45) is -2.83. The molecule has 0 amide bonds. The summed E-state index contributed by atoms with van der Waals surface area (Å²) in [6, 6.07) is 6.19. The first kappa shape index (κ1) is 33.6. The fourth-order valence-electron chi connectivity index (χ4n) is 3.77. The average molecular weight is 655 g/mol. The van der Waals surface area contributed by atoms with Crippen LogP contribution >= 0.6 is 23.5 Å². The number of aromatic amines is 1. The number of rotatable bonds is 13. The lowest BCUT2D eigenvalue weighted by molar-refractivity contribution is -0.0512. The van der Waals surface area contributed by atoms with Crippen LogP contribution in [0.25, 0.3) is 10.4 Å². The molecule has 1 saturated heterocycles. The number of hydrogen-bond acceptors (Lipinski definition) is 12. The van der Waals surface area contributed by atoms with E-state index < -0.39 is 65.7 Å². The Labute approximate surface area is 234 Å². The minimum absolute atomic E-state index is 0.0343. The lowest BCUT2D eigenvalue weighted by Crippen LogP contribution is -2.33. The second-order valence-corrected chi connectivity index (χ2v) is 13.0. The van der Waals surface area contributed by atoms with Gasteiger partial charge in [0.1, 0.15) is 18.4 Å². The molecule has 5 N–H and O–H groups in total. The van der Waals surface area contributed by atoms with Crippen molar-refractivity contribution >= 4 is 29.4 Å². The first-order chi connectivity index (χ1) is 19.5. The third kappa shape index (κ3) is 9.54. The molecule has 1 aromatic carbocycles. The van der Waals surface area contributed by atoms with Crippen molar-refractivity contribution in [2.75, 3.05) is 13.2 Å². The van der Waals surface area contributed by atoms with Crippen molar-refractivity contribution in [1.82, 2.24) is 9.55 Å². The van der Waals surface area contributed by atoms with Crippen molar-refractivity contribution in [3.63, 3.8) is 0 Å². The molecule has 2 heterocycles. The third-order valence-corrected chi connectivity index (χ3v) is 9.30. The fourth-order valence-corrected chi connectivity index (χ4v) is 6.80. The molecule has 2 aromatic rings. The van der Waals surface area contributed by atoms with Crippen LogP contribution in [-0.2, 0) is 42.7 Å². The van der Waals surface area contributed by atoms with E-state index in [9.17, 15) is 37.9 Å². The molecule has 0 radical (unpaired) electrons. The van der Waals surface area contributed by atoms with Gasteiger partial charge in [0.15, 0.2) is 0 Å². The molecule has 0 saturated carbocycles. The highest BCUT2D eigenvalue weighted by Crippen LogP contribution is 2.66. The number of nitrogens with zero attached hydrogens (tertiary/aromatic N) is 4. The Morgan fingerprint density at radius 1 is 1.17 bits per heavy atom. The maximum Gasteiger partial charge on any atom is 0.490 e. The van der Waals surface area contributed by atoms with Gasteiger partial charge in [0.25, 0.3) is 5.56 Å². The molecule has 1 aliphatic rings. The van der Waals surface area contributed by atoms with Gasteiger partial charge in [0.05, 0.1) is 12.2 Å². The van der Waals surface area contributed by atoms with Gasteiger partial charge in [0, 0.05) is 29.6 Å². The predicted molar refractivity (Wildman–Crippen MR) is 138 cm³/mol. The number of H-pyrrole nitrogens is 1. The van der Waals surface area contributed by atoms with Crippen molar-refractivity contribution in [3.8, 4) is 0 Å². The van der Waals surface area contributed by atoms with Crippen LogP contribution < -0.4 is 11.2 Å². The lowest BCUT2D eigenvalue weighted by Gasteiger charge is -2.21. The van der Waals surface area contributed by atoms with E-state index in [4.69, 9.17) is 24.8 Å². The number of benzene rings is 1. The highest BCUT2D eigenvalue weighted by molar-refractivity contribution is 7.66. The molecule has 1 aromatic heterocycles. The molecule has 42 heavy (non-hydrogen) atoms. The summed E-state index contributed by atoms with van der Waals surface area (Å²) in [5.41, 5.74) is 7.62. The summed E-state index contributed by atoms with van der Waals surface area (Å²) in [5, 5.41) is 3.42. The van der Waals surface area contributed by atoms with Gasteiger partial charge in [-0.1, -0.05) is 23.3 Å². The Balaban J connectivity index is 1.84. The number of aromatic nitrogens is 2. The Morgan fingerprint density at radius 2 is 1.86 bits per heavy atom. The van der Waals surface area contributed by atoms with Crippen LogP contribution in [0.1, 0.15) is 34.1 Å². The van der Waals surface area contributed by atoms with Gasteiger partial charge >= 0.3 is 35.1 Å². The van der Waals surface area contributed by atoms with Gasteiger partial charge in [-0.25, -0.2) is 23.3 Å². The summed E-state index contributed by atoms with van der Waals surface area (Å²) in [5.74, 6) is -0.894. The van der Waals surface area contributed by atoms with E-state index in [0.717, 1.165) is 4.57 Å². The fraction of sp³-hybridized carbons (Fsp3) is 0.421. The number of nitrogens with one attached hydrogen (secondary N) is 1. The Hall–Kier alpha value is -2.95. The van der Waals surface area contributed by atoms with Crippen molar-refractivity contribution < 1.29 is 60.7 Å². The summed E-state index contributed by atoms with van der Waals surface area (Å²) in [4.78, 5) is 78.5. The molecule has 1 aliphatic heterocycles. The van der Waals surface area contributed by atoms with Gasteiger partial charge in [-0.3, -0.25) is 18.9 Å². The normalized spacial score (nSPS) is 21.6. The number of esters is 1. The average Bonchev–Trinajstić information content (AvgIpc) is 3.25. The van der Waals surface area contributed by atoms with Crippen LogP contribution in [0.4, 0.5) is 0 Å². The van der Waals surface area contributed by atoms with E-state index in [0.29, 0.717) is 5.56 Å². The van der Waals surface area contributed by atoms with Crippen LogP contribution in [0.15, 0.2) is 45.2 Å². The number of carbonyl (C=O) groups is 1. The van der Waals surface area contributed by atoms with Crippen molar-refractivity contribution in [2.24, 2.45) is 5.11 Å². The summed E-state index contributed by atoms with van der Waals surface area (Å²) < 4.78 is 58.9. The molecule has 0 spiro atoms. The number of hydrogen-bond donors (Lipinski definition) is 5. The molecule has 0 bridgehead atoms. The smallest absolute Gasteiger partial charge is 0.456 e. The highest BCUT2D eigenvalue weighted by atomic mass is 31.3. The van der Waals surface area contributed by atoms with Crippen LogP contribution in [0.2, 0.25) is 0 Å². The second-order valence-electron chi connectivity index (χ2n) is 8.54. The van der Waals surface area contributed by atoms with Crippen LogP contribution in [0.3, 0.4) is 0 Å². The van der Waals surface area contributed by atoms with Gasteiger partial charge in [-0.2, -0.15) is 8.62 Å². The van der Waals surface area contributed by atoms with E-state index in [2.05, 4.69) is 28.2 Å². The van der Waals surface area contributed by atoms with Gasteiger partial charge in [0.2, 0.25) is 0 Å². The summed E-state index contributed by atoms with van der Waals surface area (Å²) >= 11 is 0. The molecule has 230 valence electrons. The molecule has 23 heteroatoms. The largest absolute Gasteiger partial charge is 0.490 e. The molecule has 1 fully saturated rings. The van der Waals surface area contributed by atoms with Crippen molar-refractivity contribution in [1.29, 1.82) is 0 Å². The zero-order valence-corrected chi connectivity index (χ0v) is 24.0. The maximum absolute atomic E-state index is 13.1. The Morgan fingerprint density at radius 3 is 2.52 bits per heavy atom. The number of phosphoric acid groups is 3. The maximum atomic E-state index is 13.1. The first-order valence-electron chi connectivity index (χ1n) is 11.6. The van der Waals surface area contributed by atoms with E-state index in [-0.39, 0.29) is 30.5 Å². The van der Waals surface area contributed by atoms with Crippen molar-refractivity contribution in [3.05, 3.63) is 78.4 Å². The minimum atomic E-state index is -5.81. The van der Waals surface area contributed by atoms with Gasteiger partial charge < -0.3 is 29.0 Å². The van der Waals surface area contributed by atoms with Crippen molar-refractivity contribution in [2.45, 2.75) is 38.2 Å². The van der Waals surface area contributed by atoms with E-state index >= 15 is 0 Å². The Bertz CT molecular complexity index is 1630. The SMILES string of the molecule is Cc1cn([C@H]2CC(OC(=O)c3ccccc3CCN=[N+]=[N-])[C@@H](COP(=O)(O)OP(=O)(O)OP(=O)(O)O)O2)c(=O)[nH]c1=O. The topological polar surface area (TPSA) is 299 Å². The van der Waals surface area contributed by atoms with Gasteiger partial charge in [-0.15, -0.1) is 0 Å². The quantitative estimate of drug-likeness (QED) is 0.0672. The van der Waals surface area contributed by atoms with Crippen LogP contribution in [0, 0.1) is 6.92 Å². The molecule has 0 aliphatic carbocycles. The summed E-state index contributed by atoms with van der Waals surface area (Å²) in [6.45, 7) is 0.460. The number of carbonyl (C=O) groups excluding carboxylic acids is 1. The molecular weight excluding hydrogens is 631 g/mol. The van der Waals surface area contributed by atoms with Crippen LogP contribution in [0.5, 0.6) is 0 Å². The standard InChI is InChI=1S/C19H24N5O15P3/c1-11-9-24(19(27)22-17(11)25)16-8-14(37-18(26)13-5-3-2-4-12(13)6-7-21-23-20)15(36-16)10-35-41(31,32)39-42(33,34)38-40(28,29)30/h2-5,9,14-16H,6-8,10H2,1H3,(H,31,32)(H,33,34)(H,22,25,27)(H2,28,29,30)/t14?,15-,16-/m1/s1. The number of azide groups is 1. The molecule has 3 rings (SSSR count). The molecule has 5 atom stereocenters. The third-order valence-electron chi connectivity index (χ3n) is 5.49. The second kappa shape index (κ2) is 13.6. The molecule has 20 nitrogen and oxygen atoms in total. The van der Waals surface area contributed by atoms with E-state index in [1.165, 1.54) is 25.3 Å². The lowest BCUT2D eigenvalue weighted by atomic mass is 10.0. The number of phosphoric ester groups is 1. The number of ether oxygens (including phenoxy) is 2. The minimum Gasteiger partial charge on any atom is -0.456 e. The zero-order valence-electron chi connectivity index (χ0n) is 21.4. The molecule has 3 unspecified atom stereocenters. The number of aryl methyl sites for hydroxylation is 1. The van der Waals surface area contributed by atoms with Crippen LogP contribution in [-0.4, -0.2) is 60.5 Å². The predicted octanol–water partition coefficient (Wildman–Crippen LogP) is 1.55.